The van der Waals surface area contributed by atoms with Gasteiger partial charge in [0.1, 0.15) is 0 Å². The molecule has 0 aromatic carbocycles. The third-order valence-electron chi connectivity index (χ3n) is 4.56. The van der Waals surface area contributed by atoms with Gasteiger partial charge >= 0.3 is 0 Å². The first-order valence-corrected chi connectivity index (χ1v) is 7.62. The molecule has 0 aromatic heterocycles. The fourth-order valence-electron chi connectivity index (χ4n) is 3.10. The number of nitrogens with zero attached hydrogens (tertiary/aromatic N) is 1. The summed E-state index contributed by atoms with van der Waals surface area (Å²) in [6, 6.07) is 0. The Morgan fingerprint density at radius 2 is 1.94 bits per heavy atom. The molecule has 1 atom stereocenters. The van der Waals surface area contributed by atoms with Gasteiger partial charge < -0.3 is 10.4 Å². The second kappa shape index (κ2) is 6.88. The van der Waals surface area contributed by atoms with Crippen molar-refractivity contribution >= 4 is 0 Å². The SMILES string of the molecule is CCNCC(CC)(CC)CN1CCCC(C)(O)C1. The fraction of sp³-hybridized carbons (Fsp3) is 1.00. The van der Waals surface area contributed by atoms with Crippen LogP contribution in [0.15, 0.2) is 0 Å². The van der Waals surface area contributed by atoms with Crippen LogP contribution in [-0.4, -0.2) is 48.3 Å². The summed E-state index contributed by atoms with van der Waals surface area (Å²) in [5.41, 5.74) is -0.118. The van der Waals surface area contributed by atoms with Gasteiger partial charge in [0.25, 0.3) is 0 Å². The van der Waals surface area contributed by atoms with Crippen molar-refractivity contribution in [2.24, 2.45) is 5.41 Å². The smallest absolute Gasteiger partial charge is 0.0746 e. The van der Waals surface area contributed by atoms with Crippen LogP contribution in [0.3, 0.4) is 0 Å². The van der Waals surface area contributed by atoms with Crippen molar-refractivity contribution < 1.29 is 5.11 Å². The van der Waals surface area contributed by atoms with E-state index in [0.717, 1.165) is 45.6 Å². The number of hydrogen-bond donors (Lipinski definition) is 2. The Balaban J connectivity index is 2.59. The quantitative estimate of drug-likeness (QED) is 0.733. The summed E-state index contributed by atoms with van der Waals surface area (Å²) < 4.78 is 0. The van der Waals surface area contributed by atoms with Crippen LogP contribution in [0.2, 0.25) is 0 Å². The molecule has 0 saturated carbocycles. The molecule has 3 heteroatoms. The summed E-state index contributed by atoms with van der Waals surface area (Å²) >= 11 is 0. The van der Waals surface area contributed by atoms with E-state index >= 15 is 0 Å². The monoisotopic (exact) mass is 256 g/mol. The molecule has 1 heterocycles. The average molecular weight is 256 g/mol. The molecule has 1 fully saturated rings. The van der Waals surface area contributed by atoms with Crippen LogP contribution in [0, 0.1) is 5.41 Å². The highest BCUT2D eigenvalue weighted by molar-refractivity contribution is 4.88. The van der Waals surface area contributed by atoms with Crippen LogP contribution >= 0.6 is 0 Å². The molecule has 1 aliphatic heterocycles. The Hall–Kier alpha value is -0.120. The molecule has 0 spiro atoms. The fourth-order valence-corrected chi connectivity index (χ4v) is 3.10. The molecule has 0 aromatic rings. The number of aliphatic hydroxyl groups is 1. The first-order chi connectivity index (χ1) is 8.47. The van der Waals surface area contributed by atoms with Crippen molar-refractivity contribution in [1.82, 2.24) is 10.2 Å². The molecular weight excluding hydrogens is 224 g/mol. The number of likely N-dealkylation sites (tertiary alicyclic amines) is 1. The van der Waals surface area contributed by atoms with Crippen molar-refractivity contribution in [3.8, 4) is 0 Å². The normalized spacial score (nSPS) is 26.5. The molecule has 0 aliphatic carbocycles. The summed E-state index contributed by atoms with van der Waals surface area (Å²) in [6.07, 6.45) is 4.48. The number of nitrogens with one attached hydrogen (secondary N) is 1. The Morgan fingerprint density at radius 1 is 1.28 bits per heavy atom. The predicted molar refractivity (Wildman–Crippen MR) is 77.9 cm³/mol. The number of rotatable bonds is 7. The molecule has 1 aliphatic rings. The van der Waals surface area contributed by atoms with Crippen molar-refractivity contribution in [2.45, 2.75) is 59.0 Å². The number of hydrogen-bond acceptors (Lipinski definition) is 3. The van der Waals surface area contributed by atoms with E-state index in [1.54, 1.807) is 0 Å². The zero-order valence-electron chi connectivity index (χ0n) is 12.8. The lowest BCUT2D eigenvalue weighted by Crippen LogP contribution is -2.51. The molecule has 1 saturated heterocycles. The third-order valence-corrected chi connectivity index (χ3v) is 4.56. The van der Waals surface area contributed by atoms with E-state index in [4.69, 9.17) is 0 Å². The van der Waals surface area contributed by atoms with E-state index < -0.39 is 5.60 Å². The molecule has 18 heavy (non-hydrogen) atoms. The van der Waals surface area contributed by atoms with E-state index in [1.807, 2.05) is 6.92 Å². The van der Waals surface area contributed by atoms with E-state index in [0.29, 0.717) is 5.41 Å². The van der Waals surface area contributed by atoms with Crippen molar-refractivity contribution in [3.63, 3.8) is 0 Å². The van der Waals surface area contributed by atoms with Gasteiger partial charge in [-0.25, -0.2) is 0 Å². The van der Waals surface area contributed by atoms with E-state index in [1.165, 1.54) is 12.8 Å². The maximum absolute atomic E-state index is 10.2. The van der Waals surface area contributed by atoms with Gasteiger partial charge in [0.15, 0.2) is 0 Å². The van der Waals surface area contributed by atoms with Gasteiger partial charge in [-0.15, -0.1) is 0 Å². The summed E-state index contributed by atoms with van der Waals surface area (Å²) in [7, 11) is 0. The predicted octanol–water partition coefficient (Wildman–Crippen LogP) is 2.25. The Morgan fingerprint density at radius 3 is 2.44 bits per heavy atom. The first kappa shape index (κ1) is 15.9. The Bertz CT molecular complexity index is 237. The third kappa shape index (κ3) is 4.52. The zero-order valence-corrected chi connectivity index (χ0v) is 12.8. The minimum absolute atomic E-state index is 0.365. The van der Waals surface area contributed by atoms with Crippen LogP contribution in [0.4, 0.5) is 0 Å². The second-order valence-electron chi connectivity index (χ2n) is 6.30. The molecule has 0 amide bonds. The summed E-state index contributed by atoms with van der Waals surface area (Å²) in [5, 5.41) is 13.7. The highest BCUT2D eigenvalue weighted by atomic mass is 16.3. The minimum Gasteiger partial charge on any atom is -0.389 e. The Kier molecular flexibility index (Phi) is 6.09. The van der Waals surface area contributed by atoms with Crippen LogP contribution in [-0.2, 0) is 0 Å². The van der Waals surface area contributed by atoms with Crippen LogP contribution in [0.5, 0.6) is 0 Å². The minimum atomic E-state index is -0.482. The van der Waals surface area contributed by atoms with Gasteiger partial charge in [-0.3, -0.25) is 4.90 Å². The van der Waals surface area contributed by atoms with E-state index in [9.17, 15) is 5.11 Å². The molecule has 1 rings (SSSR count). The summed E-state index contributed by atoms with van der Waals surface area (Å²) in [4.78, 5) is 2.47. The van der Waals surface area contributed by atoms with Gasteiger partial charge in [-0.1, -0.05) is 20.8 Å². The summed E-state index contributed by atoms with van der Waals surface area (Å²) in [5.74, 6) is 0. The molecule has 2 N–H and O–H groups in total. The topological polar surface area (TPSA) is 35.5 Å². The second-order valence-corrected chi connectivity index (χ2v) is 6.30. The molecule has 1 unspecified atom stereocenters. The lowest BCUT2D eigenvalue weighted by molar-refractivity contribution is -0.0295. The van der Waals surface area contributed by atoms with Gasteiger partial charge in [-0.05, 0) is 51.1 Å². The zero-order chi connectivity index (χ0) is 13.6. The highest BCUT2D eigenvalue weighted by Crippen LogP contribution is 2.30. The Labute approximate surface area is 113 Å². The molecule has 0 bridgehead atoms. The number of β-amino-alcohol motifs (C(OH)–C–C–N with tert-alkyl or cyclic N) is 1. The van der Waals surface area contributed by atoms with Gasteiger partial charge in [0.05, 0.1) is 5.60 Å². The molecular formula is C15H32N2O. The van der Waals surface area contributed by atoms with Gasteiger partial charge in [0.2, 0.25) is 0 Å². The van der Waals surface area contributed by atoms with Gasteiger partial charge in [0, 0.05) is 19.6 Å². The van der Waals surface area contributed by atoms with Crippen molar-refractivity contribution in [1.29, 1.82) is 0 Å². The van der Waals surface area contributed by atoms with Crippen molar-refractivity contribution in [3.05, 3.63) is 0 Å². The largest absolute Gasteiger partial charge is 0.389 e. The number of piperidine rings is 1. The molecule has 108 valence electrons. The van der Waals surface area contributed by atoms with Crippen LogP contribution in [0.1, 0.15) is 53.4 Å². The maximum Gasteiger partial charge on any atom is 0.0746 e. The standard InChI is InChI=1S/C15H32N2O/c1-5-15(6-2,11-16-7-3)13-17-10-8-9-14(4,18)12-17/h16,18H,5-13H2,1-4H3. The van der Waals surface area contributed by atoms with E-state index in [2.05, 4.69) is 31.0 Å². The summed E-state index contributed by atoms with van der Waals surface area (Å²) in [6.45, 7) is 14.0. The van der Waals surface area contributed by atoms with Gasteiger partial charge in [-0.2, -0.15) is 0 Å². The van der Waals surface area contributed by atoms with E-state index in [-0.39, 0.29) is 0 Å². The maximum atomic E-state index is 10.2. The average Bonchev–Trinajstić information content (AvgIpc) is 2.33. The lowest BCUT2D eigenvalue weighted by atomic mass is 9.80. The molecule has 0 radical (unpaired) electrons. The molecule has 3 nitrogen and oxygen atoms in total. The van der Waals surface area contributed by atoms with Crippen molar-refractivity contribution in [2.75, 3.05) is 32.7 Å². The highest BCUT2D eigenvalue weighted by Gasteiger charge is 2.34. The lowest BCUT2D eigenvalue weighted by Gasteiger charge is -2.43. The van der Waals surface area contributed by atoms with Crippen LogP contribution in [0.25, 0.3) is 0 Å². The first-order valence-electron chi connectivity index (χ1n) is 7.62. The van der Waals surface area contributed by atoms with Crippen LogP contribution < -0.4 is 5.32 Å².